The smallest absolute Gasteiger partial charge is 0.164 e. The average Bonchev–Trinajstić information content (AvgIpc) is 3.12. The Kier molecular flexibility index (Phi) is 6.97. The fraction of sp³-hybridized carbons (Fsp3) is 0. The van der Waals surface area contributed by atoms with Crippen molar-refractivity contribution >= 4 is 37.5 Å². The molecule has 0 N–H and O–H groups in total. The topological polar surface area (TPSA) is 38.7 Å². The minimum atomic E-state index is 0.650. The minimum absolute atomic E-state index is 0.650. The standard InChI is InChI=1S/C41H26BrN3/c42-38-26-25-36(34-17-9-10-18-37(34)38)35-24-23-31(32-15-7-8-16-33(32)35)27-19-21-30(22-20-27)41-44-39(28-11-3-1-4-12-28)43-40(45-41)29-13-5-2-6-14-29/h1-26H. The zero-order valence-electron chi connectivity index (χ0n) is 24.2. The molecule has 0 aliphatic carbocycles. The second-order valence-corrected chi connectivity index (χ2v) is 11.8. The van der Waals surface area contributed by atoms with E-state index in [0.29, 0.717) is 17.5 Å². The molecule has 0 aliphatic rings. The summed E-state index contributed by atoms with van der Waals surface area (Å²) < 4.78 is 1.10. The molecule has 0 unspecified atom stereocenters. The van der Waals surface area contributed by atoms with Crippen molar-refractivity contribution in [1.82, 2.24) is 15.0 Å². The van der Waals surface area contributed by atoms with E-state index in [4.69, 9.17) is 15.0 Å². The highest BCUT2D eigenvalue weighted by atomic mass is 79.9. The number of benzene rings is 7. The number of hydrogen-bond donors (Lipinski definition) is 0. The largest absolute Gasteiger partial charge is 0.208 e. The van der Waals surface area contributed by atoms with E-state index < -0.39 is 0 Å². The van der Waals surface area contributed by atoms with Crippen molar-refractivity contribution in [1.29, 1.82) is 0 Å². The van der Waals surface area contributed by atoms with Gasteiger partial charge in [-0.15, -0.1) is 0 Å². The summed E-state index contributed by atoms with van der Waals surface area (Å²) in [7, 11) is 0. The van der Waals surface area contributed by atoms with E-state index in [0.717, 1.165) is 26.7 Å². The first-order chi connectivity index (χ1) is 22.2. The summed E-state index contributed by atoms with van der Waals surface area (Å²) in [5, 5.41) is 4.89. The molecule has 8 aromatic rings. The van der Waals surface area contributed by atoms with Gasteiger partial charge in [0.25, 0.3) is 0 Å². The van der Waals surface area contributed by atoms with Crippen LogP contribution in [0.5, 0.6) is 0 Å². The minimum Gasteiger partial charge on any atom is -0.208 e. The van der Waals surface area contributed by atoms with Gasteiger partial charge in [0.05, 0.1) is 0 Å². The van der Waals surface area contributed by atoms with Gasteiger partial charge in [0, 0.05) is 21.2 Å². The first-order valence-corrected chi connectivity index (χ1v) is 15.7. The Morgan fingerprint density at radius 2 is 0.644 bits per heavy atom. The maximum atomic E-state index is 4.90. The lowest BCUT2D eigenvalue weighted by atomic mass is 9.90. The van der Waals surface area contributed by atoms with E-state index >= 15 is 0 Å². The Morgan fingerprint density at radius 3 is 1.18 bits per heavy atom. The molecule has 0 saturated carbocycles. The molecule has 1 heterocycles. The Balaban J connectivity index is 1.22. The highest BCUT2D eigenvalue weighted by Crippen LogP contribution is 2.40. The fourth-order valence-corrected chi connectivity index (χ4v) is 6.50. The van der Waals surface area contributed by atoms with Crippen LogP contribution in [0.3, 0.4) is 0 Å². The number of fused-ring (bicyclic) bond motifs is 2. The van der Waals surface area contributed by atoms with Gasteiger partial charge in [-0.2, -0.15) is 0 Å². The number of halogens is 1. The Hall–Kier alpha value is -5.45. The quantitative estimate of drug-likeness (QED) is 0.188. The molecular weight excluding hydrogens is 614 g/mol. The predicted octanol–water partition coefficient (Wildman–Crippen LogP) is 11.3. The van der Waals surface area contributed by atoms with Gasteiger partial charge in [0.1, 0.15) is 0 Å². The lowest BCUT2D eigenvalue weighted by Crippen LogP contribution is -2.00. The summed E-state index contributed by atoms with van der Waals surface area (Å²) in [5.74, 6) is 1.97. The molecule has 45 heavy (non-hydrogen) atoms. The monoisotopic (exact) mass is 639 g/mol. The lowest BCUT2D eigenvalue weighted by Gasteiger charge is -2.15. The van der Waals surface area contributed by atoms with Gasteiger partial charge in [-0.1, -0.05) is 168 Å². The molecule has 0 radical (unpaired) electrons. The Morgan fingerprint density at radius 1 is 0.289 bits per heavy atom. The van der Waals surface area contributed by atoms with Gasteiger partial charge in [-0.25, -0.2) is 15.0 Å². The van der Waals surface area contributed by atoms with E-state index in [1.807, 2.05) is 60.7 Å². The van der Waals surface area contributed by atoms with Crippen LogP contribution in [-0.2, 0) is 0 Å². The third-order valence-corrected chi connectivity index (χ3v) is 8.93. The number of hydrogen-bond acceptors (Lipinski definition) is 3. The molecular formula is C41H26BrN3. The van der Waals surface area contributed by atoms with E-state index in [2.05, 4.69) is 113 Å². The molecule has 0 bridgehead atoms. The Bertz CT molecular complexity index is 2260. The van der Waals surface area contributed by atoms with E-state index in [-0.39, 0.29) is 0 Å². The second kappa shape index (κ2) is 11.6. The van der Waals surface area contributed by atoms with Crippen LogP contribution in [0.4, 0.5) is 0 Å². The lowest BCUT2D eigenvalue weighted by molar-refractivity contribution is 1.07. The van der Waals surface area contributed by atoms with E-state index in [9.17, 15) is 0 Å². The fourth-order valence-electron chi connectivity index (χ4n) is 6.02. The van der Waals surface area contributed by atoms with Crippen LogP contribution < -0.4 is 0 Å². The third kappa shape index (κ3) is 5.09. The molecule has 8 rings (SSSR count). The normalized spacial score (nSPS) is 11.2. The van der Waals surface area contributed by atoms with Crippen molar-refractivity contribution in [3.8, 4) is 56.4 Å². The van der Waals surface area contributed by atoms with Crippen molar-refractivity contribution in [2.45, 2.75) is 0 Å². The maximum absolute atomic E-state index is 4.90. The molecule has 212 valence electrons. The maximum Gasteiger partial charge on any atom is 0.164 e. The van der Waals surface area contributed by atoms with Gasteiger partial charge in [0.2, 0.25) is 0 Å². The van der Waals surface area contributed by atoms with E-state index in [1.54, 1.807) is 0 Å². The first-order valence-electron chi connectivity index (χ1n) is 14.9. The van der Waals surface area contributed by atoms with Gasteiger partial charge >= 0.3 is 0 Å². The van der Waals surface area contributed by atoms with Gasteiger partial charge in [-0.05, 0) is 49.9 Å². The summed E-state index contributed by atoms with van der Waals surface area (Å²) in [5.41, 5.74) is 7.64. The summed E-state index contributed by atoms with van der Waals surface area (Å²) in [6.45, 7) is 0. The van der Waals surface area contributed by atoms with Crippen molar-refractivity contribution in [2.75, 3.05) is 0 Å². The summed E-state index contributed by atoms with van der Waals surface area (Å²) >= 11 is 3.74. The zero-order valence-corrected chi connectivity index (χ0v) is 25.8. The van der Waals surface area contributed by atoms with Crippen LogP contribution in [0, 0.1) is 0 Å². The summed E-state index contributed by atoms with van der Waals surface area (Å²) in [4.78, 5) is 14.6. The molecule has 0 fully saturated rings. The molecule has 0 aliphatic heterocycles. The van der Waals surface area contributed by atoms with Gasteiger partial charge < -0.3 is 0 Å². The SMILES string of the molecule is Brc1ccc(-c2ccc(-c3ccc(-c4nc(-c5ccccc5)nc(-c5ccccc5)n4)cc3)c3ccccc23)c2ccccc12. The van der Waals surface area contributed by atoms with Crippen molar-refractivity contribution in [3.05, 3.63) is 162 Å². The molecule has 0 saturated heterocycles. The summed E-state index contributed by atoms with van der Waals surface area (Å²) in [6, 6.07) is 54.8. The molecule has 0 spiro atoms. The van der Waals surface area contributed by atoms with Crippen LogP contribution in [0.1, 0.15) is 0 Å². The van der Waals surface area contributed by atoms with Crippen LogP contribution in [0.2, 0.25) is 0 Å². The van der Waals surface area contributed by atoms with Gasteiger partial charge in [-0.3, -0.25) is 0 Å². The highest BCUT2D eigenvalue weighted by Gasteiger charge is 2.15. The molecule has 3 nitrogen and oxygen atoms in total. The van der Waals surface area contributed by atoms with Crippen LogP contribution in [0.15, 0.2) is 162 Å². The average molecular weight is 641 g/mol. The van der Waals surface area contributed by atoms with Crippen LogP contribution >= 0.6 is 15.9 Å². The Labute approximate surface area is 270 Å². The second-order valence-electron chi connectivity index (χ2n) is 11.0. The third-order valence-electron chi connectivity index (χ3n) is 8.24. The molecule has 1 aromatic heterocycles. The zero-order chi connectivity index (χ0) is 30.2. The van der Waals surface area contributed by atoms with Crippen molar-refractivity contribution in [2.24, 2.45) is 0 Å². The first kappa shape index (κ1) is 27.1. The summed E-state index contributed by atoms with van der Waals surface area (Å²) in [6.07, 6.45) is 0. The van der Waals surface area contributed by atoms with E-state index in [1.165, 1.54) is 38.2 Å². The van der Waals surface area contributed by atoms with Gasteiger partial charge in [0.15, 0.2) is 17.5 Å². The molecule has 0 atom stereocenters. The van der Waals surface area contributed by atoms with Crippen molar-refractivity contribution < 1.29 is 0 Å². The molecule has 7 aromatic carbocycles. The number of nitrogens with zero attached hydrogens (tertiary/aromatic N) is 3. The highest BCUT2D eigenvalue weighted by molar-refractivity contribution is 9.10. The van der Waals surface area contributed by atoms with Crippen LogP contribution in [0.25, 0.3) is 78.0 Å². The molecule has 0 amide bonds. The predicted molar refractivity (Wildman–Crippen MR) is 190 cm³/mol. The number of rotatable bonds is 5. The van der Waals surface area contributed by atoms with Crippen molar-refractivity contribution in [3.63, 3.8) is 0 Å². The van der Waals surface area contributed by atoms with Crippen LogP contribution in [-0.4, -0.2) is 15.0 Å². The molecule has 4 heteroatoms. The number of aromatic nitrogens is 3.